The van der Waals surface area contributed by atoms with E-state index in [1.165, 1.54) is 7.11 Å². The molecule has 0 spiro atoms. The summed E-state index contributed by atoms with van der Waals surface area (Å²) in [4.78, 5) is 11.8. The van der Waals surface area contributed by atoms with E-state index in [1.54, 1.807) is 0 Å². The Morgan fingerprint density at radius 2 is 2.07 bits per heavy atom. The topological polar surface area (TPSA) is 26.3 Å². The van der Waals surface area contributed by atoms with Crippen LogP contribution in [0.25, 0.3) is 0 Å². The van der Waals surface area contributed by atoms with Crippen LogP contribution in [0.2, 0.25) is 0 Å². The molecule has 1 saturated carbocycles. The molecule has 0 unspecified atom stereocenters. The fraction of sp³-hybridized carbons (Fsp3) is 0.417. The molecule has 1 fully saturated rings. The second-order valence-corrected chi connectivity index (χ2v) is 5.07. The van der Waals surface area contributed by atoms with E-state index in [1.807, 2.05) is 24.3 Å². The third-order valence-electron chi connectivity index (χ3n) is 3.17. The van der Waals surface area contributed by atoms with Crippen molar-refractivity contribution in [3.8, 4) is 0 Å². The molecule has 1 aliphatic carbocycles. The number of rotatable bonds is 2. The molecule has 0 saturated heterocycles. The van der Waals surface area contributed by atoms with Crippen LogP contribution in [0, 0.1) is 3.57 Å². The summed E-state index contributed by atoms with van der Waals surface area (Å²) in [5.41, 5.74) is 0.774. The van der Waals surface area contributed by atoms with Gasteiger partial charge in [-0.25, -0.2) is 0 Å². The Hall–Kier alpha value is -0.580. The van der Waals surface area contributed by atoms with Crippen molar-refractivity contribution in [1.82, 2.24) is 0 Å². The number of halogens is 1. The summed E-state index contributed by atoms with van der Waals surface area (Å²) < 4.78 is 6.08. The number of methoxy groups -OCH3 is 1. The minimum Gasteiger partial charge on any atom is -0.468 e. The molecule has 0 aliphatic heterocycles. The second-order valence-electron chi connectivity index (χ2n) is 3.91. The fourth-order valence-corrected chi connectivity index (χ4v) is 3.06. The van der Waals surface area contributed by atoms with Crippen molar-refractivity contribution < 1.29 is 9.53 Å². The molecule has 15 heavy (non-hydrogen) atoms. The lowest BCUT2D eigenvalue weighted by Crippen LogP contribution is -2.43. The smallest absolute Gasteiger partial charge is 0.316 e. The third kappa shape index (κ3) is 1.67. The Morgan fingerprint density at radius 3 is 2.53 bits per heavy atom. The Balaban J connectivity index is 2.43. The van der Waals surface area contributed by atoms with E-state index >= 15 is 0 Å². The van der Waals surface area contributed by atoms with Gasteiger partial charge in [0.2, 0.25) is 0 Å². The third-order valence-corrected chi connectivity index (χ3v) is 4.11. The zero-order chi connectivity index (χ0) is 10.9. The van der Waals surface area contributed by atoms with Gasteiger partial charge in [0.25, 0.3) is 0 Å². The maximum absolute atomic E-state index is 11.8. The average Bonchev–Trinajstić information content (AvgIpc) is 2.19. The van der Waals surface area contributed by atoms with Crippen molar-refractivity contribution in [1.29, 1.82) is 0 Å². The Kier molecular flexibility index (Phi) is 3.00. The summed E-state index contributed by atoms with van der Waals surface area (Å²) in [7, 11) is 1.47. The van der Waals surface area contributed by atoms with Crippen molar-refractivity contribution in [2.75, 3.05) is 7.11 Å². The van der Waals surface area contributed by atoms with Gasteiger partial charge >= 0.3 is 5.97 Å². The molecular formula is C12H13IO2. The van der Waals surface area contributed by atoms with Crippen LogP contribution in [0.3, 0.4) is 0 Å². The van der Waals surface area contributed by atoms with Gasteiger partial charge in [0.15, 0.2) is 0 Å². The van der Waals surface area contributed by atoms with E-state index in [0.29, 0.717) is 0 Å². The fourth-order valence-electron chi connectivity index (χ4n) is 2.16. The molecule has 0 amide bonds. The summed E-state index contributed by atoms with van der Waals surface area (Å²) in [6, 6.07) is 8.06. The van der Waals surface area contributed by atoms with Crippen LogP contribution in [0.4, 0.5) is 0 Å². The number of esters is 1. The van der Waals surface area contributed by atoms with Gasteiger partial charge in [-0.15, -0.1) is 0 Å². The normalized spacial score (nSPS) is 18.0. The van der Waals surface area contributed by atoms with Gasteiger partial charge in [-0.3, -0.25) is 4.79 Å². The van der Waals surface area contributed by atoms with Gasteiger partial charge < -0.3 is 4.74 Å². The minimum atomic E-state index is -0.355. The Bertz CT molecular complexity index is 383. The maximum atomic E-state index is 11.8. The van der Waals surface area contributed by atoms with Crippen LogP contribution in [0.15, 0.2) is 24.3 Å². The highest BCUT2D eigenvalue weighted by molar-refractivity contribution is 14.1. The van der Waals surface area contributed by atoms with Crippen molar-refractivity contribution in [3.05, 3.63) is 33.4 Å². The molecule has 3 heteroatoms. The highest BCUT2D eigenvalue weighted by Crippen LogP contribution is 2.46. The van der Waals surface area contributed by atoms with Crippen molar-refractivity contribution in [2.24, 2.45) is 0 Å². The average molecular weight is 316 g/mol. The number of benzene rings is 1. The number of hydrogen-bond acceptors (Lipinski definition) is 2. The lowest BCUT2D eigenvalue weighted by Gasteiger charge is -2.39. The van der Waals surface area contributed by atoms with E-state index in [-0.39, 0.29) is 11.4 Å². The molecule has 80 valence electrons. The van der Waals surface area contributed by atoms with Crippen LogP contribution in [0.1, 0.15) is 24.8 Å². The SMILES string of the molecule is COC(=O)C1(c2ccccc2I)CCC1. The van der Waals surface area contributed by atoms with Crippen LogP contribution in [-0.2, 0) is 14.9 Å². The molecule has 1 aromatic carbocycles. The van der Waals surface area contributed by atoms with Crippen LogP contribution in [0.5, 0.6) is 0 Å². The first-order chi connectivity index (χ1) is 7.20. The largest absolute Gasteiger partial charge is 0.468 e. The van der Waals surface area contributed by atoms with Gasteiger partial charge in [0, 0.05) is 3.57 Å². The van der Waals surface area contributed by atoms with Crippen LogP contribution in [-0.4, -0.2) is 13.1 Å². The first-order valence-electron chi connectivity index (χ1n) is 5.04. The highest BCUT2D eigenvalue weighted by atomic mass is 127. The molecule has 1 aliphatic rings. The van der Waals surface area contributed by atoms with Gasteiger partial charge in [-0.05, 0) is 47.1 Å². The first kappa shape index (κ1) is 10.9. The monoisotopic (exact) mass is 316 g/mol. The zero-order valence-electron chi connectivity index (χ0n) is 8.63. The van der Waals surface area contributed by atoms with E-state index in [9.17, 15) is 4.79 Å². The van der Waals surface area contributed by atoms with E-state index in [2.05, 4.69) is 22.6 Å². The molecule has 0 bridgehead atoms. The molecular weight excluding hydrogens is 303 g/mol. The van der Waals surface area contributed by atoms with Gasteiger partial charge in [0.05, 0.1) is 12.5 Å². The number of ether oxygens (including phenoxy) is 1. The zero-order valence-corrected chi connectivity index (χ0v) is 10.8. The summed E-state index contributed by atoms with van der Waals surface area (Å²) in [5, 5.41) is 0. The molecule has 0 heterocycles. The first-order valence-corrected chi connectivity index (χ1v) is 6.12. The molecule has 0 aromatic heterocycles. The quantitative estimate of drug-likeness (QED) is 0.619. The molecule has 0 N–H and O–H groups in total. The molecule has 0 radical (unpaired) electrons. The van der Waals surface area contributed by atoms with Crippen LogP contribution >= 0.6 is 22.6 Å². The number of carbonyl (C=O) groups excluding carboxylic acids is 1. The predicted molar refractivity (Wildman–Crippen MR) is 66.7 cm³/mol. The Morgan fingerprint density at radius 1 is 1.40 bits per heavy atom. The maximum Gasteiger partial charge on any atom is 0.316 e. The van der Waals surface area contributed by atoms with E-state index in [0.717, 1.165) is 28.4 Å². The second kappa shape index (κ2) is 4.12. The van der Waals surface area contributed by atoms with E-state index in [4.69, 9.17) is 4.74 Å². The van der Waals surface area contributed by atoms with Crippen molar-refractivity contribution in [2.45, 2.75) is 24.7 Å². The van der Waals surface area contributed by atoms with Crippen molar-refractivity contribution in [3.63, 3.8) is 0 Å². The predicted octanol–water partition coefficient (Wildman–Crippen LogP) is 2.89. The lowest BCUT2D eigenvalue weighted by atomic mass is 9.64. The standard InChI is InChI=1S/C12H13IO2/c1-15-11(14)12(7-4-8-12)9-5-2-3-6-10(9)13/h2-3,5-6H,4,7-8H2,1H3. The van der Waals surface area contributed by atoms with Gasteiger partial charge in [0.1, 0.15) is 0 Å². The van der Waals surface area contributed by atoms with E-state index < -0.39 is 0 Å². The molecule has 2 rings (SSSR count). The lowest BCUT2D eigenvalue weighted by molar-refractivity contribution is -0.151. The minimum absolute atomic E-state index is 0.0853. The highest BCUT2D eigenvalue weighted by Gasteiger charge is 2.47. The van der Waals surface area contributed by atoms with Crippen LogP contribution < -0.4 is 0 Å². The molecule has 1 aromatic rings. The van der Waals surface area contributed by atoms with Gasteiger partial charge in [-0.1, -0.05) is 24.6 Å². The summed E-state index contributed by atoms with van der Waals surface area (Å²) in [5.74, 6) is -0.0853. The summed E-state index contributed by atoms with van der Waals surface area (Å²) in [6.45, 7) is 0. The van der Waals surface area contributed by atoms with Gasteiger partial charge in [-0.2, -0.15) is 0 Å². The summed E-state index contributed by atoms with van der Waals surface area (Å²) in [6.07, 6.45) is 2.94. The Labute approximate surface area is 103 Å². The van der Waals surface area contributed by atoms with Crippen molar-refractivity contribution >= 4 is 28.6 Å². The number of carbonyl (C=O) groups is 1. The molecule has 2 nitrogen and oxygen atoms in total. The number of hydrogen-bond donors (Lipinski definition) is 0. The summed E-state index contributed by atoms with van der Waals surface area (Å²) >= 11 is 2.28. The molecule has 0 atom stereocenters.